The Labute approximate surface area is 92.3 Å². The van der Waals surface area contributed by atoms with Gasteiger partial charge < -0.3 is 9.84 Å². The van der Waals surface area contributed by atoms with Crippen molar-refractivity contribution >= 4 is 11.5 Å². The number of esters is 1. The number of hydrogen-bond acceptors (Lipinski definition) is 4. The predicted molar refractivity (Wildman–Crippen MR) is 57.1 cm³/mol. The Morgan fingerprint density at radius 3 is 3.06 bits per heavy atom. The first-order chi connectivity index (χ1) is 7.76. The Kier molecular flexibility index (Phi) is 2.87. The maximum Gasteiger partial charge on any atom is 0.341 e. The third kappa shape index (κ3) is 1.77. The van der Waals surface area contributed by atoms with E-state index < -0.39 is 0 Å². The van der Waals surface area contributed by atoms with Crippen molar-refractivity contribution in [1.29, 1.82) is 0 Å². The summed E-state index contributed by atoms with van der Waals surface area (Å²) in [5.41, 5.74) is 1.85. The Morgan fingerprint density at radius 2 is 2.38 bits per heavy atom. The van der Waals surface area contributed by atoms with Crippen LogP contribution in [0.15, 0.2) is 24.5 Å². The summed E-state index contributed by atoms with van der Waals surface area (Å²) in [5.74, 6) is -0.380. The van der Waals surface area contributed by atoms with Crippen LogP contribution in [0.4, 0.5) is 0 Å². The molecule has 0 spiro atoms. The van der Waals surface area contributed by atoms with E-state index >= 15 is 0 Å². The first-order valence-electron chi connectivity index (χ1n) is 5.00. The summed E-state index contributed by atoms with van der Waals surface area (Å²) in [6.45, 7) is 2.04. The molecule has 0 unspecified atom stereocenters. The minimum atomic E-state index is -0.380. The highest BCUT2D eigenvalue weighted by Gasteiger charge is 2.13. The van der Waals surface area contributed by atoms with Crippen molar-refractivity contribution in [3.63, 3.8) is 0 Å². The zero-order valence-corrected chi connectivity index (χ0v) is 8.88. The fourth-order valence-corrected chi connectivity index (χ4v) is 1.49. The van der Waals surface area contributed by atoms with Crippen LogP contribution in [0.1, 0.15) is 22.8 Å². The third-order valence-electron chi connectivity index (χ3n) is 2.26. The molecule has 2 heterocycles. The van der Waals surface area contributed by atoms with Crippen LogP contribution in [0, 0.1) is 0 Å². The van der Waals surface area contributed by atoms with Crippen molar-refractivity contribution in [2.45, 2.75) is 13.5 Å². The van der Waals surface area contributed by atoms with Crippen LogP contribution >= 0.6 is 0 Å². The quantitative estimate of drug-likeness (QED) is 0.784. The van der Waals surface area contributed by atoms with Gasteiger partial charge in [0.25, 0.3) is 0 Å². The molecular formula is C11H12N2O3. The maximum atomic E-state index is 11.5. The average molecular weight is 220 g/mol. The number of carbonyl (C=O) groups excluding carboxylic acids is 1. The molecule has 2 aromatic heterocycles. The van der Waals surface area contributed by atoms with Gasteiger partial charge in [-0.25, -0.2) is 9.31 Å². The summed E-state index contributed by atoms with van der Waals surface area (Å²) in [7, 11) is 0. The molecule has 84 valence electrons. The number of pyridine rings is 1. The molecular weight excluding hydrogens is 208 g/mol. The highest BCUT2D eigenvalue weighted by Crippen LogP contribution is 2.13. The van der Waals surface area contributed by atoms with Crippen molar-refractivity contribution in [2.75, 3.05) is 6.61 Å². The second-order valence-corrected chi connectivity index (χ2v) is 3.30. The molecule has 5 nitrogen and oxygen atoms in total. The van der Waals surface area contributed by atoms with Crippen LogP contribution in [-0.4, -0.2) is 27.3 Å². The number of nitrogens with zero attached hydrogens (tertiary/aromatic N) is 2. The standard InChI is InChI=1S/C11H12N2O3/c1-2-16-11(15)9-5-12-13-6-8(7-14)3-4-10(9)13/h3-6,14H,2,7H2,1H3. The van der Waals surface area contributed by atoms with E-state index in [9.17, 15) is 4.79 Å². The zero-order chi connectivity index (χ0) is 11.5. The Morgan fingerprint density at radius 1 is 1.56 bits per heavy atom. The zero-order valence-electron chi connectivity index (χ0n) is 8.88. The maximum absolute atomic E-state index is 11.5. The molecule has 0 aliphatic carbocycles. The van der Waals surface area contributed by atoms with Gasteiger partial charge in [0.2, 0.25) is 0 Å². The van der Waals surface area contributed by atoms with E-state index in [0.29, 0.717) is 17.7 Å². The molecule has 0 atom stereocenters. The molecule has 0 radical (unpaired) electrons. The molecule has 0 bridgehead atoms. The van der Waals surface area contributed by atoms with E-state index in [0.717, 1.165) is 5.56 Å². The number of aromatic nitrogens is 2. The fourth-order valence-electron chi connectivity index (χ4n) is 1.49. The number of fused-ring (bicyclic) bond motifs is 1. The number of rotatable bonds is 3. The van der Waals surface area contributed by atoms with E-state index in [1.54, 1.807) is 29.8 Å². The van der Waals surface area contributed by atoms with Crippen molar-refractivity contribution in [2.24, 2.45) is 0 Å². The van der Waals surface area contributed by atoms with Crippen LogP contribution in [0.3, 0.4) is 0 Å². The van der Waals surface area contributed by atoms with Gasteiger partial charge in [-0.2, -0.15) is 5.10 Å². The van der Waals surface area contributed by atoms with Gasteiger partial charge in [0, 0.05) is 6.20 Å². The fraction of sp³-hybridized carbons (Fsp3) is 0.273. The molecule has 0 aliphatic rings. The lowest BCUT2D eigenvalue weighted by Crippen LogP contribution is -2.04. The first kappa shape index (κ1) is 10.6. The molecule has 5 heteroatoms. The summed E-state index contributed by atoms with van der Waals surface area (Å²) in [6, 6.07) is 3.49. The summed E-state index contributed by atoms with van der Waals surface area (Å²) >= 11 is 0. The average Bonchev–Trinajstić information content (AvgIpc) is 2.71. The predicted octanol–water partition coefficient (Wildman–Crippen LogP) is 1.00. The van der Waals surface area contributed by atoms with Gasteiger partial charge in [0.1, 0.15) is 5.56 Å². The molecule has 2 rings (SSSR count). The van der Waals surface area contributed by atoms with Crippen molar-refractivity contribution in [3.8, 4) is 0 Å². The molecule has 0 amide bonds. The molecule has 0 fully saturated rings. The lowest BCUT2D eigenvalue weighted by molar-refractivity contribution is 0.0528. The number of aliphatic hydroxyl groups excluding tert-OH is 1. The highest BCUT2D eigenvalue weighted by molar-refractivity contribution is 5.96. The number of aliphatic hydroxyl groups is 1. The molecule has 0 saturated carbocycles. The third-order valence-corrected chi connectivity index (χ3v) is 2.26. The monoisotopic (exact) mass is 220 g/mol. The first-order valence-corrected chi connectivity index (χ1v) is 5.00. The molecule has 1 N–H and O–H groups in total. The summed E-state index contributed by atoms with van der Waals surface area (Å²) in [6.07, 6.45) is 3.15. The topological polar surface area (TPSA) is 63.8 Å². The number of hydrogen-bond donors (Lipinski definition) is 1. The minimum absolute atomic E-state index is 0.0511. The van der Waals surface area contributed by atoms with Gasteiger partial charge in [0.15, 0.2) is 0 Å². The lowest BCUT2D eigenvalue weighted by atomic mass is 10.2. The normalized spacial score (nSPS) is 10.6. The van der Waals surface area contributed by atoms with Crippen LogP contribution < -0.4 is 0 Å². The SMILES string of the molecule is CCOC(=O)c1cnn2cc(CO)ccc12. The van der Waals surface area contributed by atoms with Gasteiger partial charge in [0.05, 0.1) is 24.9 Å². The van der Waals surface area contributed by atoms with E-state index in [4.69, 9.17) is 9.84 Å². The Bertz CT molecular complexity index is 519. The molecule has 2 aromatic rings. The van der Waals surface area contributed by atoms with Gasteiger partial charge in [-0.15, -0.1) is 0 Å². The largest absolute Gasteiger partial charge is 0.462 e. The second kappa shape index (κ2) is 4.32. The van der Waals surface area contributed by atoms with Gasteiger partial charge in [-0.3, -0.25) is 0 Å². The van der Waals surface area contributed by atoms with Gasteiger partial charge in [-0.05, 0) is 18.6 Å². The van der Waals surface area contributed by atoms with Crippen LogP contribution in [0.2, 0.25) is 0 Å². The minimum Gasteiger partial charge on any atom is -0.462 e. The molecule has 0 saturated heterocycles. The van der Waals surface area contributed by atoms with E-state index in [2.05, 4.69) is 5.10 Å². The van der Waals surface area contributed by atoms with Crippen LogP contribution in [-0.2, 0) is 11.3 Å². The van der Waals surface area contributed by atoms with E-state index in [-0.39, 0.29) is 12.6 Å². The molecule has 0 aliphatic heterocycles. The van der Waals surface area contributed by atoms with Gasteiger partial charge >= 0.3 is 5.97 Å². The smallest absolute Gasteiger partial charge is 0.341 e. The summed E-state index contributed by atoms with van der Waals surface area (Å²) in [4.78, 5) is 11.5. The van der Waals surface area contributed by atoms with Crippen LogP contribution in [0.25, 0.3) is 5.52 Å². The number of carbonyl (C=O) groups is 1. The summed E-state index contributed by atoms with van der Waals surface area (Å²) in [5, 5.41) is 13.0. The van der Waals surface area contributed by atoms with Crippen LogP contribution in [0.5, 0.6) is 0 Å². The summed E-state index contributed by atoms with van der Waals surface area (Å²) < 4.78 is 6.46. The Balaban J connectivity index is 2.45. The second-order valence-electron chi connectivity index (χ2n) is 3.30. The molecule has 16 heavy (non-hydrogen) atoms. The van der Waals surface area contributed by atoms with E-state index in [1.807, 2.05) is 0 Å². The van der Waals surface area contributed by atoms with Gasteiger partial charge in [-0.1, -0.05) is 6.07 Å². The van der Waals surface area contributed by atoms with Crippen molar-refractivity contribution in [3.05, 3.63) is 35.7 Å². The highest BCUT2D eigenvalue weighted by atomic mass is 16.5. The van der Waals surface area contributed by atoms with Crippen molar-refractivity contribution in [1.82, 2.24) is 9.61 Å². The molecule has 0 aromatic carbocycles. The van der Waals surface area contributed by atoms with Crippen molar-refractivity contribution < 1.29 is 14.6 Å². The number of ether oxygens (including phenoxy) is 1. The Hall–Kier alpha value is -1.88. The van der Waals surface area contributed by atoms with E-state index in [1.165, 1.54) is 6.20 Å². The lowest BCUT2D eigenvalue weighted by Gasteiger charge is -2.00.